The van der Waals surface area contributed by atoms with Crippen molar-refractivity contribution in [3.05, 3.63) is 47.1 Å². The summed E-state index contributed by atoms with van der Waals surface area (Å²) in [5, 5.41) is 0.258. The molecule has 1 heterocycles. The summed E-state index contributed by atoms with van der Waals surface area (Å²) in [4.78, 5) is 3.84. The van der Waals surface area contributed by atoms with Crippen LogP contribution >= 0.6 is 11.6 Å². The van der Waals surface area contributed by atoms with Gasteiger partial charge in [0, 0.05) is 11.2 Å². The van der Waals surface area contributed by atoms with E-state index in [1.54, 1.807) is 25.1 Å². The Morgan fingerprint density at radius 1 is 1.25 bits per heavy atom. The number of nitrogens with zero attached hydrogens (tertiary/aromatic N) is 1. The highest BCUT2D eigenvalue weighted by molar-refractivity contribution is 7.92. The molecule has 0 unspecified atom stereocenters. The fraction of sp³-hybridized carbons (Fsp3) is 0.0833. The van der Waals surface area contributed by atoms with Gasteiger partial charge in [-0.1, -0.05) is 17.7 Å². The van der Waals surface area contributed by atoms with Crippen molar-refractivity contribution in [2.45, 2.75) is 11.9 Å². The molecule has 1 aromatic heterocycles. The second-order valence-electron chi connectivity index (χ2n) is 4.07. The summed E-state index contributed by atoms with van der Waals surface area (Å²) in [6.07, 6.45) is 1.38. The first-order chi connectivity index (χ1) is 9.44. The van der Waals surface area contributed by atoms with Crippen LogP contribution in [0.25, 0.3) is 0 Å². The molecule has 2 aromatic rings. The van der Waals surface area contributed by atoms with Crippen molar-refractivity contribution in [3.8, 4) is 0 Å². The number of aryl methyl sites for hydroxylation is 1. The monoisotopic (exact) mass is 312 g/mol. The van der Waals surface area contributed by atoms with E-state index in [-0.39, 0.29) is 10.7 Å². The van der Waals surface area contributed by atoms with Crippen molar-refractivity contribution < 1.29 is 8.42 Å². The summed E-state index contributed by atoms with van der Waals surface area (Å²) in [5.41, 5.74) is 3.65. The first-order valence-electron chi connectivity index (χ1n) is 5.64. The summed E-state index contributed by atoms with van der Waals surface area (Å²) in [7, 11) is -3.86. The van der Waals surface area contributed by atoms with Gasteiger partial charge in [-0.25, -0.2) is 4.98 Å². The normalized spacial score (nSPS) is 11.2. The zero-order chi connectivity index (χ0) is 14.8. The number of nitrogens with one attached hydrogen (secondary N) is 2. The van der Waals surface area contributed by atoms with Crippen molar-refractivity contribution >= 4 is 33.0 Å². The van der Waals surface area contributed by atoms with Crippen LogP contribution in [0.4, 0.5) is 11.4 Å². The maximum atomic E-state index is 12.3. The van der Waals surface area contributed by atoms with Gasteiger partial charge in [0.05, 0.1) is 11.4 Å². The Bertz CT molecular complexity index is 734. The molecule has 4 N–H and O–H groups in total. The molecule has 0 amide bonds. The Balaban J connectivity index is 2.43. The Kier molecular flexibility index (Phi) is 4.12. The van der Waals surface area contributed by atoms with Gasteiger partial charge in [0.15, 0.2) is 0 Å². The summed E-state index contributed by atoms with van der Waals surface area (Å²) < 4.78 is 27.1. The predicted octanol–water partition coefficient (Wildman–Crippen LogP) is 2.13. The van der Waals surface area contributed by atoms with Crippen LogP contribution in [0.1, 0.15) is 5.56 Å². The van der Waals surface area contributed by atoms with Gasteiger partial charge in [0.1, 0.15) is 0 Å². The predicted molar refractivity (Wildman–Crippen MR) is 79.0 cm³/mol. The fourth-order valence-corrected chi connectivity index (χ4v) is 3.01. The van der Waals surface area contributed by atoms with Crippen molar-refractivity contribution in [2.24, 2.45) is 5.84 Å². The van der Waals surface area contributed by atoms with Gasteiger partial charge in [-0.2, -0.15) is 8.42 Å². The number of benzene rings is 1. The minimum Gasteiger partial charge on any atom is -0.321 e. The van der Waals surface area contributed by atoms with Gasteiger partial charge in [0.25, 0.3) is 10.0 Å². The number of rotatable bonds is 4. The molecule has 0 aliphatic rings. The Hall–Kier alpha value is -1.83. The maximum absolute atomic E-state index is 12.3. The second kappa shape index (κ2) is 5.66. The molecule has 0 saturated carbocycles. The first-order valence-corrected chi connectivity index (χ1v) is 7.51. The van der Waals surface area contributed by atoms with Crippen LogP contribution in [-0.4, -0.2) is 13.4 Å². The highest BCUT2D eigenvalue weighted by Crippen LogP contribution is 2.25. The number of nitrogens with two attached hydrogens (primary N) is 1. The maximum Gasteiger partial charge on any atom is 0.281 e. The van der Waals surface area contributed by atoms with E-state index in [0.717, 1.165) is 5.56 Å². The highest BCUT2D eigenvalue weighted by atomic mass is 35.5. The van der Waals surface area contributed by atoms with Gasteiger partial charge in [-0.15, -0.1) is 0 Å². The Morgan fingerprint density at radius 2 is 2.00 bits per heavy atom. The molecule has 0 atom stereocenters. The molecule has 1 aromatic carbocycles. The molecule has 0 spiro atoms. The highest BCUT2D eigenvalue weighted by Gasteiger charge is 2.20. The van der Waals surface area contributed by atoms with Crippen LogP contribution in [0.5, 0.6) is 0 Å². The number of halogens is 1. The van der Waals surface area contributed by atoms with Crippen molar-refractivity contribution in [3.63, 3.8) is 0 Å². The molecule has 20 heavy (non-hydrogen) atoms. The molecule has 0 saturated heterocycles. The lowest BCUT2D eigenvalue weighted by Gasteiger charge is -2.12. The van der Waals surface area contributed by atoms with E-state index in [0.29, 0.717) is 10.7 Å². The smallest absolute Gasteiger partial charge is 0.281 e. The quantitative estimate of drug-likeness (QED) is 0.593. The lowest BCUT2D eigenvalue weighted by Crippen LogP contribution is -2.19. The van der Waals surface area contributed by atoms with E-state index < -0.39 is 10.0 Å². The molecule has 8 heteroatoms. The van der Waals surface area contributed by atoms with Crippen molar-refractivity contribution in [2.75, 3.05) is 10.1 Å². The molecule has 0 radical (unpaired) electrons. The number of hydrazine groups is 1. The minimum absolute atomic E-state index is 0.179. The summed E-state index contributed by atoms with van der Waals surface area (Å²) in [5.74, 6) is 5.29. The van der Waals surface area contributed by atoms with Crippen LogP contribution in [-0.2, 0) is 10.0 Å². The second-order valence-corrected chi connectivity index (χ2v) is 6.10. The molecule has 0 aliphatic heterocycles. The number of aromatic nitrogens is 1. The van der Waals surface area contributed by atoms with Crippen LogP contribution in [0.2, 0.25) is 5.02 Å². The molecular formula is C12H13ClN4O2S. The number of nitrogen functional groups attached to an aromatic ring is 1. The number of sulfonamides is 1. The fourth-order valence-electron chi connectivity index (χ4n) is 1.61. The number of hydrogen-bond donors (Lipinski definition) is 3. The average molecular weight is 313 g/mol. The zero-order valence-electron chi connectivity index (χ0n) is 10.6. The van der Waals surface area contributed by atoms with Gasteiger partial charge >= 0.3 is 0 Å². The van der Waals surface area contributed by atoms with Crippen LogP contribution in [0.15, 0.2) is 41.6 Å². The van der Waals surface area contributed by atoms with E-state index in [1.165, 1.54) is 18.3 Å². The number of anilines is 2. The molecule has 6 nitrogen and oxygen atoms in total. The number of pyridine rings is 1. The third kappa shape index (κ3) is 3.01. The van der Waals surface area contributed by atoms with Gasteiger partial charge in [0.2, 0.25) is 5.03 Å². The van der Waals surface area contributed by atoms with E-state index in [2.05, 4.69) is 15.1 Å². The van der Waals surface area contributed by atoms with Crippen molar-refractivity contribution in [1.82, 2.24) is 4.98 Å². The third-order valence-corrected chi connectivity index (χ3v) is 4.18. The van der Waals surface area contributed by atoms with E-state index in [1.807, 2.05) is 0 Å². The van der Waals surface area contributed by atoms with E-state index in [4.69, 9.17) is 17.4 Å². The molecule has 0 bridgehead atoms. The van der Waals surface area contributed by atoms with Crippen LogP contribution in [0, 0.1) is 6.92 Å². The largest absolute Gasteiger partial charge is 0.321 e. The van der Waals surface area contributed by atoms with Gasteiger partial charge < -0.3 is 5.43 Å². The standard InChI is InChI=1S/C12H13ClN4O2S/c1-8-4-5-9(13)7-11(8)17-20(18,19)12-10(16-14)3-2-6-15-12/h2-7,16-17H,14H2,1H3. The molecule has 0 fully saturated rings. The Labute approximate surface area is 122 Å². The number of hydrogen-bond acceptors (Lipinski definition) is 5. The van der Waals surface area contributed by atoms with Gasteiger partial charge in [-0.05, 0) is 36.8 Å². The first kappa shape index (κ1) is 14.6. The molecule has 0 aliphatic carbocycles. The topological polar surface area (TPSA) is 97.1 Å². The van der Waals surface area contributed by atoms with E-state index in [9.17, 15) is 8.42 Å². The minimum atomic E-state index is -3.86. The lowest BCUT2D eigenvalue weighted by molar-refractivity contribution is 0.598. The molecule has 2 rings (SSSR count). The van der Waals surface area contributed by atoms with E-state index >= 15 is 0 Å². The summed E-state index contributed by atoms with van der Waals surface area (Å²) in [6, 6.07) is 8.04. The lowest BCUT2D eigenvalue weighted by atomic mass is 10.2. The van der Waals surface area contributed by atoms with Crippen LogP contribution in [0.3, 0.4) is 0 Å². The van der Waals surface area contributed by atoms with Gasteiger partial charge in [-0.3, -0.25) is 10.6 Å². The molecular weight excluding hydrogens is 300 g/mol. The SMILES string of the molecule is Cc1ccc(Cl)cc1NS(=O)(=O)c1ncccc1NN. The summed E-state index contributed by atoms with van der Waals surface area (Å²) in [6.45, 7) is 1.77. The molecule has 106 valence electrons. The third-order valence-electron chi connectivity index (χ3n) is 2.63. The Morgan fingerprint density at radius 3 is 2.70 bits per heavy atom. The summed E-state index contributed by atoms with van der Waals surface area (Å²) >= 11 is 5.87. The average Bonchev–Trinajstić information content (AvgIpc) is 2.42. The zero-order valence-corrected chi connectivity index (χ0v) is 12.2. The van der Waals surface area contributed by atoms with Crippen LogP contribution < -0.4 is 16.0 Å². The van der Waals surface area contributed by atoms with Crippen molar-refractivity contribution in [1.29, 1.82) is 0 Å².